The first kappa shape index (κ1) is 12.1. The van der Waals surface area contributed by atoms with Gasteiger partial charge >= 0.3 is 0 Å². The predicted octanol–water partition coefficient (Wildman–Crippen LogP) is 4.52. The predicted molar refractivity (Wildman–Crippen MR) is 79.3 cm³/mol. The van der Waals surface area contributed by atoms with Crippen molar-refractivity contribution >= 4 is 21.8 Å². The van der Waals surface area contributed by atoms with Crippen molar-refractivity contribution < 1.29 is 8.78 Å². The molecule has 21 heavy (non-hydrogen) atoms. The van der Waals surface area contributed by atoms with Gasteiger partial charge in [-0.15, -0.1) is 0 Å². The molecule has 2 aromatic carbocycles. The van der Waals surface area contributed by atoms with Crippen LogP contribution >= 0.6 is 0 Å². The number of halogens is 2. The molecule has 104 valence electrons. The number of aromatic amines is 2. The highest BCUT2D eigenvalue weighted by Crippen LogP contribution is 2.26. The van der Waals surface area contributed by atoms with Gasteiger partial charge in [-0.2, -0.15) is 0 Å². The van der Waals surface area contributed by atoms with E-state index in [0.29, 0.717) is 6.42 Å². The van der Waals surface area contributed by atoms with Crippen molar-refractivity contribution in [3.05, 3.63) is 71.6 Å². The van der Waals surface area contributed by atoms with Crippen molar-refractivity contribution in [3.8, 4) is 0 Å². The van der Waals surface area contributed by atoms with Gasteiger partial charge in [0.2, 0.25) is 0 Å². The maximum absolute atomic E-state index is 13.2. The van der Waals surface area contributed by atoms with Crippen LogP contribution in [-0.2, 0) is 6.42 Å². The van der Waals surface area contributed by atoms with Gasteiger partial charge in [-0.1, -0.05) is 0 Å². The van der Waals surface area contributed by atoms with Crippen LogP contribution in [0.3, 0.4) is 0 Å². The van der Waals surface area contributed by atoms with E-state index in [4.69, 9.17) is 0 Å². The molecule has 0 aliphatic rings. The Morgan fingerprint density at radius 3 is 1.67 bits per heavy atom. The van der Waals surface area contributed by atoms with Crippen LogP contribution in [-0.4, -0.2) is 9.97 Å². The normalized spacial score (nSPS) is 11.5. The Kier molecular flexibility index (Phi) is 2.57. The van der Waals surface area contributed by atoms with Crippen molar-refractivity contribution in [3.63, 3.8) is 0 Å². The third-order valence-electron chi connectivity index (χ3n) is 3.84. The monoisotopic (exact) mass is 282 g/mol. The minimum Gasteiger partial charge on any atom is -0.361 e. The highest BCUT2D eigenvalue weighted by Gasteiger charge is 2.09. The molecule has 4 rings (SSSR count). The maximum Gasteiger partial charge on any atom is 0.125 e. The molecule has 0 atom stereocenters. The summed E-state index contributed by atoms with van der Waals surface area (Å²) < 4.78 is 26.4. The van der Waals surface area contributed by atoms with E-state index in [-0.39, 0.29) is 11.6 Å². The lowest BCUT2D eigenvalue weighted by Gasteiger charge is -1.99. The molecule has 2 N–H and O–H groups in total. The van der Waals surface area contributed by atoms with Crippen LogP contribution in [0.15, 0.2) is 48.8 Å². The maximum atomic E-state index is 13.2. The average Bonchev–Trinajstić information content (AvgIpc) is 3.03. The van der Waals surface area contributed by atoms with Crippen LogP contribution in [0, 0.1) is 11.6 Å². The number of aromatic nitrogens is 2. The summed E-state index contributed by atoms with van der Waals surface area (Å²) in [6, 6.07) is 9.47. The van der Waals surface area contributed by atoms with E-state index in [1.54, 1.807) is 12.1 Å². The van der Waals surface area contributed by atoms with E-state index in [2.05, 4.69) is 9.97 Å². The van der Waals surface area contributed by atoms with Crippen molar-refractivity contribution in [1.29, 1.82) is 0 Å². The van der Waals surface area contributed by atoms with Gasteiger partial charge in [-0.3, -0.25) is 0 Å². The second kappa shape index (κ2) is 4.45. The van der Waals surface area contributed by atoms with E-state index >= 15 is 0 Å². The lowest BCUT2D eigenvalue weighted by atomic mass is 10.0. The Hall–Kier alpha value is -2.62. The second-order valence-corrected chi connectivity index (χ2v) is 5.18. The number of fused-ring (bicyclic) bond motifs is 2. The van der Waals surface area contributed by atoms with Crippen molar-refractivity contribution in [2.24, 2.45) is 0 Å². The van der Waals surface area contributed by atoms with Gasteiger partial charge in [0, 0.05) is 40.6 Å². The molecule has 2 heterocycles. The average molecular weight is 282 g/mol. The number of H-pyrrole nitrogens is 2. The lowest BCUT2D eigenvalue weighted by molar-refractivity contribution is 0.629. The molecule has 0 bridgehead atoms. The standard InChI is InChI=1S/C17H12F2N2/c18-12-1-3-14-10(8-20-16(14)6-12)5-11-9-21-17-7-13(19)2-4-15(11)17/h1-4,6-9,20-21H,5H2. The summed E-state index contributed by atoms with van der Waals surface area (Å²) in [5, 5.41) is 2.01. The van der Waals surface area contributed by atoms with E-state index in [0.717, 1.165) is 32.9 Å². The molecular formula is C17H12F2N2. The quantitative estimate of drug-likeness (QED) is 0.542. The third kappa shape index (κ3) is 2.00. The fraction of sp³-hybridized carbons (Fsp3) is 0.0588. The Labute approximate surface area is 119 Å². The first-order chi connectivity index (χ1) is 10.2. The van der Waals surface area contributed by atoms with Crippen LogP contribution in [0.2, 0.25) is 0 Å². The lowest BCUT2D eigenvalue weighted by Crippen LogP contribution is -1.85. The molecule has 2 nitrogen and oxygen atoms in total. The molecule has 0 radical (unpaired) electrons. The summed E-state index contributed by atoms with van der Waals surface area (Å²) in [5.74, 6) is -0.503. The second-order valence-electron chi connectivity index (χ2n) is 5.18. The van der Waals surface area contributed by atoms with Crippen LogP contribution in [0.25, 0.3) is 21.8 Å². The Balaban J connectivity index is 1.79. The summed E-state index contributed by atoms with van der Waals surface area (Å²) in [4.78, 5) is 6.18. The fourth-order valence-corrected chi connectivity index (χ4v) is 2.81. The van der Waals surface area contributed by atoms with Gasteiger partial charge in [-0.25, -0.2) is 8.78 Å². The van der Waals surface area contributed by atoms with E-state index in [1.165, 1.54) is 24.3 Å². The summed E-state index contributed by atoms with van der Waals surface area (Å²) in [6.07, 6.45) is 4.50. The highest BCUT2D eigenvalue weighted by atomic mass is 19.1. The Bertz CT molecular complexity index is 872. The van der Waals surface area contributed by atoms with Gasteiger partial charge in [-0.05, 0) is 47.5 Å². The number of hydrogen-bond acceptors (Lipinski definition) is 0. The van der Waals surface area contributed by atoms with E-state index in [1.807, 2.05) is 12.4 Å². The first-order valence-corrected chi connectivity index (χ1v) is 6.72. The molecule has 0 aliphatic heterocycles. The number of hydrogen-bond donors (Lipinski definition) is 2. The molecule has 0 amide bonds. The SMILES string of the molecule is Fc1ccc2c(Cc3c[nH]c4cc(F)ccc34)c[nH]c2c1. The van der Waals surface area contributed by atoms with Gasteiger partial charge < -0.3 is 9.97 Å². The minimum absolute atomic E-state index is 0.251. The summed E-state index contributed by atoms with van der Waals surface area (Å²) in [6.45, 7) is 0. The summed E-state index contributed by atoms with van der Waals surface area (Å²) >= 11 is 0. The number of rotatable bonds is 2. The van der Waals surface area contributed by atoms with Crippen LogP contribution in [0.5, 0.6) is 0 Å². The van der Waals surface area contributed by atoms with Gasteiger partial charge in [0.25, 0.3) is 0 Å². The Morgan fingerprint density at radius 1 is 0.714 bits per heavy atom. The summed E-state index contributed by atoms with van der Waals surface area (Å²) in [7, 11) is 0. The molecule has 0 saturated heterocycles. The summed E-state index contributed by atoms with van der Waals surface area (Å²) in [5.41, 5.74) is 3.76. The van der Waals surface area contributed by atoms with Gasteiger partial charge in [0.05, 0.1) is 0 Å². The first-order valence-electron chi connectivity index (χ1n) is 6.72. The van der Waals surface area contributed by atoms with Gasteiger partial charge in [0.1, 0.15) is 11.6 Å². The molecule has 4 heteroatoms. The van der Waals surface area contributed by atoms with Crippen LogP contribution in [0.1, 0.15) is 11.1 Å². The zero-order valence-electron chi connectivity index (χ0n) is 11.1. The zero-order valence-corrected chi connectivity index (χ0v) is 11.1. The Morgan fingerprint density at radius 2 is 1.19 bits per heavy atom. The third-order valence-corrected chi connectivity index (χ3v) is 3.84. The van der Waals surface area contributed by atoms with Gasteiger partial charge in [0.15, 0.2) is 0 Å². The zero-order chi connectivity index (χ0) is 14.4. The molecule has 4 aromatic rings. The van der Waals surface area contributed by atoms with Crippen molar-refractivity contribution in [2.75, 3.05) is 0 Å². The molecule has 0 fully saturated rings. The van der Waals surface area contributed by atoms with E-state index in [9.17, 15) is 8.78 Å². The highest BCUT2D eigenvalue weighted by molar-refractivity contribution is 5.86. The molecular weight excluding hydrogens is 270 g/mol. The molecule has 0 aliphatic carbocycles. The molecule has 0 spiro atoms. The van der Waals surface area contributed by atoms with Crippen LogP contribution in [0.4, 0.5) is 8.78 Å². The topological polar surface area (TPSA) is 31.6 Å². The molecule has 2 aromatic heterocycles. The van der Waals surface area contributed by atoms with Crippen LogP contribution < -0.4 is 0 Å². The molecule has 0 unspecified atom stereocenters. The molecule has 0 saturated carbocycles. The minimum atomic E-state index is -0.251. The van der Waals surface area contributed by atoms with Crippen molar-refractivity contribution in [1.82, 2.24) is 9.97 Å². The smallest absolute Gasteiger partial charge is 0.125 e. The van der Waals surface area contributed by atoms with Crippen molar-refractivity contribution in [2.45, 2.75) is 6.42 Å². The fourth-order valence-electron chi connectivity index (χ4n) is 2.81. The number of nitrogens with one attached hydrogen (secondary N) is 2. The number of benzene rings is 2. The van der Waals surface area contributed by atoms with E-state index < -0.39 is 0 Å². The largest absolute Gasteiger partial charge is 0.361 e.